The summed E-state index contributed by atoms with van der Waals surface area (Å²) in [6.07, 6.45) is 5.86. The van der Waals surface area contributed by atoms with E-state index in [1.807, 2.05) is 31.3 Å². The van der Waals surface area contributed by atoms with Gasteiger partial charge in [-0.25, -0.2) is 0 Å². The highest BCUT2D eigenvalue weighted by Gasteiger charge is 2.42. The summed E-state index contributed by atoms with van der Waals surface area (Å²) in [5.74, 6) is 2.63. The van der Waals surface area contributed by atoms with Crippen LogP contribution in [0.4, 0.5) is 5.69 Å². The zero-order valence-corrected chi connectivity index (χ0v) is 27.9. The Morgan fingerprint density at radius 1 is 0.889 bits per heavy atom. The van der Waals surface area contributed by atoms with Crippen molar-refractivity contribution in [3.63, 3.8) is 0 Å². The molecule has 45 heavy (non-hydrogen) atoms. The molecule has 0 aliphatic carbocycles. The summed E-state index contributed by atoms with van der Waals surface area (Å²) in [6, 6.07) is 23.0. The van der Waals surface area contributed by atoms with Gasteiger partial charge < -0.3 is 28.6 Å². The smallest absolute Gasteiger partial charge is 0.264 e. The molecule has 0 amide bonds. The zero-order valence-electron chi connectivity index (χ0n) is 27.1. The summed E-state index contributed by atoms with van der Waals surface area (Å²) in [6.45, 7) is 4.16. The Kier molecular flexibility index (Phi) is 12.5. The standard InChI is InChI=1S/C35H47NO8S/c1-35(28-13-17-30(18-14-28)42-25-39-3)24-41-34-23-31(43-26-40-4)19-20-32(34)33(35)10-7-6-9-27-11-15-29(16-12-27)36(2)21-8-22-44-45(5,37)38/h11-20,23,33H,6-10,21-22,24-26H2,1-5H3. The van der Waals surface area contributed by atoms with Gasteiger partial charge in [-0.3, -0.25) is 4.18 Å². The predicted molar refractivity (Wildman–Crippen MR) is 176 cm³/mol. The predicted octanol–water partition coefficient (Wildman–Crippen LogP) is 6.30. The molecule has 0 spiro atoms. The normalized spacial score (nSPS) is 17.8. The SMILES string of the molecule is COCOc1ccc(C2(C)COc3cc(OCOC)ccc3C2CCCCc2ccc(N(C)CCCOS(C)(=O)=O)cc2)cc1. The van der Waals surface area contributed by atoms with Crippen molar-refractivity contribution in [3.8, 4) is 17.2 Å². The molecule has 0 saturated heterocycles. The molecule has 0 bridgehead atoms. The summed E-state index contributed by atoms with van der Waals surface area (Å²) >= 11 is 0. The van der Waals surface area contributed by atoms with Gasteiger partial charge in [-0.2, -0.15) is 8.42 Å². The number of hydrogen-bond acceptors (Lipinski definition) is 9. The van der Waals surface area contributed by atoms with E-state index >= 15 is 0 Å². The van der Waals surface area contributed by atoms with Gasteiger partial charge in [-0.05, 0) is 72.7 Å². The first-order valence-electron chi connectivity index (χ1n) is 15.4. The fourth-order valence-corrected chi connectivity index (χ4v) is 6.29. The van der Waals surface area contributed by atoms with Gasteiger partial charge >= 0.3 is 0 Å². The Labute approximate surface area is 268 Å². The maximum atomic E-state index is 11.2. The van der Waals surface area contributed by atoms with Gasteiger partial charge in [-0.15, -0.1) is 0 Å². The molecule has 4 rings (SSSR count). The summed E-state index contributed by atoms with van der Waals surface area (Å²) in [7, 11) is 1.83. The number of aryl methyl sites for hydroxylation is 1. The molecule has 0 saturated carbocycles. The summed E-state index contributed by atoms with van der Waals surface area (Å²) in [5.41, 5.74) is 4.59. The zero-order chi connectivity index (χ0) is 32.3. The quantitative estimate of drug-likeness (QED) is 0.0901. The van der Waals surface area contributed by atoms with E-state index in [4.69, 9.17) is 27.9 Å². The number of anilines is 1. The molecule has 246 valence electrons. The largest absolute Gasteiger partial charge is 0.492 e. The lowest BCUT2D eigenvalue weighted by Gasteiger charge is -2.43. The highest BCUT2D eigenvalue weighted by atomic mass is 32.2. The molecule has 0 fully saturated rings. The highest BCUT2D eigenvalue weighted by molar-refractivity contribution is 7.85. The minimum atomic E-state index is -3.40. The van der Waals surface area contributed by atoms with E-state index in [1.54, 1.807) is 14.2 Å². The molecule has 3 aromatic carbocycles. The Morgan fingerprint density at radius 2 is 1.56 bits per heavy atom. The number of hydrogen-bond donors (Lipinski definition) is 0. The van der Waals surface area contributed by atoms with Gasteiger partial charge in [0, 0.05) is 50.9 Å². The van der Waals surface area contributed by atoms with Gasteiger partial charge in [0.25, 0.3) is 10.1 Å². The molecule has 1 heterocycles. The van der Waals surface area contributed by atoms with Crippen molar-refractivity contribution in [2.75, 3.05) is 65.8 Å². The summed E-state index contributed by atoms with van der Waals surface area (Å²) in [4.78, 5) is 2.11. The Balaban J connectivity index is 1.40. The number of methoxy groups -OCH3 is 2. The van der Waals surface area contributed by atoms with Crippen LogP contribution in [0.15, 0.2) is 66.7 Å². The second-order valence-electron chi connectivity index (χ2n) is 11.8. The molecule has 3 aromatic rings. The molecule has 2 unspecified atom stereocenters. The van der Waals surface area contributed by atoms with Crippen LogP contribution in [0.2, 0.25) is 0 Å². The van der Waals surface area contributed by atoms with E-state index < -0.39 is 10.1 Å². The number of nitrogens with zero attached hydrogens (tertiary/aromatic N) is 1. The molecule has 0 N–H and O–H groups in total. The number of ether oxygens (including phenoxy) is 5. The minimum absolute atomic E-state index is 0.189. The lowest BCUT2D eigenvalue weighted by Crippen LogP contribution is -2.40. The van der Waals surface area contributed by atoms with E-state index in [1.165, 1.54) is 16.7 Å². The molecular weight excluding hydrogens is 594 g/mol. The number of fused-ring (bicyclic) bond motifs is 1. The average Bonchev–Trinajstić information content (AvgIpc) is 3.04. The Bertz CT molecular complexity index is 1450. The van der Waals surface area contributed by atoms with Crippen LogP contribution in [0.3, 0.4) is 0 Å². The fourth-order valence-electron chi connectivity index (χ4n) is 5.87. The molecule has 1 aliphatic rings. The van der Waals surface area contributed by atoms with Crippen LogP contribution >= 0.6 is 0 Å². The van der Waals surface area contributed by atoms with Crippen molar-refractivity contribution in [2.24, 2.45) is 0 Å². The highest BCUT2D eigenvalue weighted by Crippen LogP contribution is 2.50. The summed E-state index contributed by atoms with van der Waals surface area (Å²) in [5, 5.41) is 0. The van der Waals surface area contributed by atoms with E-state index in [2.05, 4.69) is 54.3 Å². The van der Waals surface area contributed by atoms with E-state index in [0.717, 1.165) is 54.9 Å². The van der Waals surface area contributed by atoms with Crippen molar-refractivity contribution in [2.45, 2.75) is 50.4 Å². The topological polar surface area (TPSA) is 92.8 Å². The monoisotopic (exact) mass is 641 g/mol. The van der Waals surface area contributed by atoms with Crippen molar-refractivity contribution >= 4 is 15.8 Å². The third-order valence-electron chi connectivity index (χ3n) is 8.38. The number of unbranched alkanes of at least 4 members (excludes halogenated alkanes) is 1. The second kappa shape index (κ2) is 16.3. The van der Waals surface area contributed by atoms with Crippen molar-refractivity contribution in [1.29, 1.82) is 0 Å². The van der Waals surface area contributed by atoms with Gasteiger partial charge in [0.05, 0.1) is 19.5 Å². The van der Waals surface area contributed by atoms with E-state index in [9.17, 15) is 8.42 Å². The van der Waals surface area contributed by atoms with Crippen LogP contribution in [0.25, 0.3) is 0 Å². The first kappa shape index (κ1) is 34.6. The van der Waals surface area contributed by atoms with Gasteiger partial charge in [0.1, 0.15) is 17.2 Å². The first-order valence-corrected chi connectivity index (χ1v) is 17.2. The van der Waals surface area contributed by atoms with Crippen molar-refractivity contribution in [1.82, 2.24) is 0 Å². The second-order valence-corrected chi connectivity index (χ2v) is 13.4. The molecule has 10 heteroatoms. The fraction of sp³-hybridized carbons (Fsp3) is 0.486. The lowest BCUT2D eigenvalue weighted by atomic mass is 9.66. The van der Waals surface area contributed by atoms with Crippen LogP contribution < -0.4 is 19.1 Å². The maximum Gasteiger partial charge on any atom is 0.264 e. The average molecular weight is 642 g/mol. The van der Waals surface area contributed by atoms with E-state index in [0.29, 0.717) is 19.6 Å². The summed E-state index contributed by atoms with van der Waals surface area (Å²) < 4.78 is 55.0. The molecular formula is C35H47NO8S. The van der Waals surface area contributed by atoms with Crippen molar-refractivity contribution < 1.29 is 36.3 Å². The van der Waals surface area contributed by atoms with Crippen LogP contribution in [0, 0.1) is 0 Å². The van der Waals surface area contributed by atoms with Crippen LogP contribution in [-0.4, -0.2) is 69.3 Å². The van der Waals surface area contributed by atoms with Crippen molar-refractivity contribution in [3.05, 3.63) is 83.4 Å². The molecule has 0 aromatic heterocycles. The third kappa shape index (κ3) is 9.84. The maximum absolute atomic E-state index is 11.2. The van der Waals surface area contributed by atoms with Crippen LogP contribution in [-0.2, 0) is 35.6 Å². The van der Waals surface area contributed by atoms with Gasteiger partial charge in [0.2, 0.25) is 0 Å². The molecule has 1 aliphatic heterocycles. The lowest BCUT2D eigenvalue weighted by molar-refractivity contribution is 0.0505. The molecule has 0 radical (unpaired) electrons. The van der Waals surface area contributed by atoms with E-state index in [-0.39, 0.29) is 31.5 Å². The van der Waals surface area contributed by atoms with Crippen LogP contribution in [0.1, 0.15) is 55.2 Å². The molecule has 2 atom stereocenters. The Hall–Kier alpha value is -3.31. The minimum Gasteiger partial charge on any atom is -0.492 e. The first-order chi connectivity index (χ1) is 21.6. The third-order valence-corrected chi connectivity index (χ3v) is 8.97. The number of benzene rings is 3. The molecule has 9 nitrogen and oxygen atoms in total. The van der Waals surface area contributed by atoms with Gasteiger partial charge in [-0.1, -0.05) is 43.7 Å². The number of rotatable bonds is 18. The van der Waals surface area contributed by atoms with Crippen LogP contribution in [0.5, 0.6) is 17.2 Å². The Morgan fingerprint density at radius 3 is 2.22 bits per heavy atom. The van der Waals surface area contributed by atoms with Gasteiger partial charge in [0.15, 0.2) is 13.6 Å².